The molecule has 0 saturated heterocycles. The Bertz CT molecular complexity index is 882. The first-order chi connectivity index (χ1) is 12.3. The minimum atomic E-state index is 0.384. The molecule has 25 heavy (non-hydrogen) atoms. The van der Waals surface area contributed by atoms with Crippen molar-refractivity contribution in [1.82, 2.24) is 19.9 Å². The van der Waals surface area contributed by atoms with E-state index in [2.05, 4.69) is 15.0 Å². The first-order valence-corrected chi connectivity index (χ1v) is 8.43. The summed E-state index contributed by atoms with van der Waals surface area (Å²) < 4.78 is 5.90. The molecule has 0 radical (unpaired) electrons. The third-order valence-electron chi connectivity index (χ3n) is 4.30. The number of hydrogen-bond acceptors (Lipinski definition) is 6. The number of nitrogen functional groups attached to an aromatic ring is 1. The molecule has 0 aromatic carbocycles. The quantitative estimate of drug-likeness (QED) is 0.790. The van der Waals surface area contributed by atoms with Crippen LogP contribution in [-0.4, -0.2) is 19.9 Å². The summed E-state index contributed by atoms with van der Waals surface area (Å²) in [5, 5.41) is 0. The maximum Gasteiger partial charge on any atom is 0.214 e. The van der Waals surface area contributed by atoms with Crippen LogP contribution in [0.1, 0.15) is 29.8 Å². The van der Waals surface area contributed by atoms with Gasteiger partial charge in [-0.25, -0.2) is 9.97 Å². The Morgan fingerprint density at radius 3 is 2.84 bits per heavy atom. The predicted octanol–water partition coefficient (Wildman–Crippen LogP) is 2.97. The molecule has 0 spiro atoms. The summed E-state index contributed by atoms with van der Waals surface area (Å²) in [6.07, 6.45) is 9.30. The molecular formula is C19H19N5O. The highest BCUT2D eigenvalue weighted by molar-refractivity contribution is 5.66. The fraction of sp³-hybridized carbons (Fsp3) is 0.263. The zero-order chi connectivity index (χ0) is 17.1. The van der Waals surface area contributed by atoms with E-state index in [1.54, 1.807) is 18.6 Å². The second-order valence-electron chi connectivity index (χ2n) is 6.08. The monoisotopic (exact) mass is 333 g/mol. The number of hydrogen-bond donors (Lipinski definition) is 1. The average molecular weight is 333 g/mol. The molecule has 6 nitrogen and oxygen atoms in total. The molecule has 0 atom stereocenters. The lowest BCUT2D eigenvalue weighted by atomic mass is 9.91. The van der Waals surface area contributed by atoms with Gasteiger partial charge in [-0.1, -0.05) is 6.07 Å². The molecule has 6 heteroatoms. The van der Waals surface area contributed by atoms with Crippen LogP contribution in [0, 0.1) is 0 Å². The van der Waals surface area contributed by atoms with Crippen LogP contribution in [0.25, 0.3) is 11.3 Å². The van der Waals surface area contributed by atoms with Gasteiger partial charge in [0.05, 0.1) is 23.8 Å². The molecule has 126 valence electrons. The molecular weight excluding hydrogens is 314 g/mol. The number of rotatable bonds is 4. The maximum atomic E-state index is 5.90. The van der Waals surface area contributed by atoms with E-state index in [1.165, 1.54) is 5.56 Å². The minimum absolute atomic E-state index is 0.384. The lowest BCUT2D eigenvalue weighted by Gasteiger charge is -2.20. The van der Waals surface area contributed by atoms with Crippen molar-refractivity contribution in [3.8, 4) is 17.1 Å². The summed E-state index contributed by atoms with van der Waals surface area (Å²) in [6.45, 7) is 0.384. The van der Waals surface area contributed by atoms with Crippen LogP contribution in [-0.2, 0) is 19.4 Å². The molecule has 0 bridgehead atoms. The van der Waals surface area contributed by atoms with Crippen molar-refractivity contribution in [1.29, 1.82) is 0 Å². The molecule has 2 N–H and O–H groups in total. The highest BCUT2D eigenvalue weighted by Gasteiger charge is 2.19. The lowest BCUT2D eigenvalue weighted by molar-refractivity contribution is 0.288. The van der Waals surface area contributed by atoms with E-state index in [0.717, 1.165) is 48.3 Å². The second-order valence-corrected chi connectivity index (χ2v) is 6.08. The SMILES string of the molecule is Nc1cncc(-c2cc(OCc3ccccn3)nc3c2CCCC3)n1. The number of ether oxygens (including phenoxy) is 1. The van der Waals surface area contributed by atoms with Gasteiger partial charge >= 0.3 is 0 Å². The molecule has 3 aromatic rings. The van der Waals surface area contributed by atoms with Gasteiger partial charge in [0.2, 0.25) is 5.88 Å². The van der Waals surface area contributed by atoms with Crippen molar-refractivity contribution < 1.29 is 4.74 Å². The summed E-state index contributed by atoms with van der Waals surface area (Å²) >= 11 is 0. The van der Waals surface area contributed by atoms with Gasteiger partial charge in [-0.3, -0.25) is 9.97 Å². The van der Waals surface area contributed by atoms with Gasteiger partial charge in [0, 0.05) is 23.5 Å². The summed E-state index contributed by atoms with van der Waals surface area (Å²) in [6, 6.07) is 7.70. The molecule has 3 aromatic heterocycles. The van der Waals surface area contributed by atoms with Gasteiger partial charge in [-0.15, -0.1) is 0 Å². The van der Waals surface area contributed by atoms with Crippen LogP contribution in [0.2, 0.25) is 0 Å². The van der Waals surface area contributed by atoms with E-state index in [0.29, 0.717) is 18.3 Å². The Morgan fingerprint density at radius 2 is 2.00 bits per heavy atom. The molecule has 1 aliphatic carbocycles. The van der Waals surface area contributed by atoms with Crippen LogP contribution >= 0.6 is 0 Å². The van der Waals surface area contributed by atoms with Crippen LogP contribution in [0.4, 0.5) is 5.82 Å². The Hall–Kier alpha value is -3.02. The molecule has 0 saturated carbocycles. The Morgan fingerprint density at radius 1 is 1.08 bits per heavy atom. The summed E-state index contributed by atoms with van der Waals surface area (Å²) in [4.78, 5) is 17.6. The van der Waals surface area contributed by atoms with Gasteiger partial charge < -0.3 is 10.5 Å². The van der Waals surface area contributed by atoms with Gasteiger partial charge in [-0.05, 0) is 43.4 Å². The smallest absolute Gasteiger partial charge is 0.214 e. The van der Waals surface area contributed by atoms with Crippen LogP contribution in [0.5, 0.6) is 5.88 Å². The fourth-order valence-corrected chi connectivity index (χ4v) is 3.12. The van der Waals surface area contributed by atoms with E-state index in [4.69, 9.17) is 15.5 Å². The van der Waals surface area contributed by atoms with E-state index < -0.39 is 0 Å². The number of nitrogens with zero attached hydrogens (tertiary/aromatic N) is 4. The maximum absolute atomic E-state index is 5.90. The first kappa shape index (κ1) is 15.5. The number of pyridine rings is 2. The summed E-state index contributed by atoms with van der Waals surface area (Å²) in [7, 11) is 0. The third-order valence-corrected chi connectivity index (χ3v) is 4.30. The van der Waals surface area contributed by atoms with Crippen LogP contribution in [0.3, 0.4) is 0 Å². The van der Waals surface area contributed by atoms with Crippen LogP contribution in [0.15, 0.2) is 42.9 Å². The van der Waals surface area contributed by atoms with E-state index in [-0.39, 0.29) is 0 Å². The van der Waals surface area contributed by atoms with Crippen molar-refractivity contribution in [2.45, 2.75) is 32.3 Å². The molecule has 0 aliphatic heterocycles. The zero-order valence-electron chi connectivity index (χ0n) is 13.9. The number of aryl methyl sites for hydroxylation is 1. The number of anilines is 1. The average Bonchev–Trinajstić information content (AvgIpc) is 2.66. The minimum Gasteiger partial charge on any atom is -0.471 e. The van der Waals surface area contributed by atoms with Crippen LogP contribution < -0.4 is 10.5 Å². The van der Waals surface area contributed by atoms with Crippen molar-refractivity contribution in [2.75, 3.05) is 5.73 Å². The molecule has 3 heterocycles. The van der Waals surface area contributed by atoms with E-state index in [1.807, 2.05) is 24.3 Å². The molecule has 4 rings (SSSR count). The summed E-state index contributed by atoms with van der Waals surface area (Å²) in [5.41, 5.74) is 10.8. The Balaban J connectivity index is 1.70. The van der Waals surface area contributed by atoms with E-state index >= 15 is 0 Å². The van der Waals surface area contributed by atoms with Crippen molar-refractivity contribution in [2.24, 2.45) is 0 Å². The predicted molar refractivity (Wildman–Crippen MR) is 94.9 cm³/mol. The topological polar surface area (TPSA) is 86.8 Å². The fourth-order valence-electron chi connectivity index (χ4n) is 3.12. The standard InChI is InChI=1S/C19H19N5O/c20-18-11-21-10-17(23-18)15-9-19(24-16-7-2-1-6-14(15)16)25-12-13-5-3-4-8-22-13/h3-5,8-11H,1-2,6-7,12H2,(H2,20,23). The lowest BCUT2D eigenvalue weighted by Crippen LogP contribution is -2.10. The summed E-state index contributed by atoms with van der Waals surface area (Å²) in [5.74, 6) is 1.00. The number of nitrogens with two attached hydrogens (primary N) is 1. The highest BCUT2D eigenvalue weighted by Crippen LogP contribution is 2.32. The van der Waals surface area contributed by atoms with E-state index in [9.17, 15) is 0 Å². The first-order valence-electron chi connectivity index (χ1n) is 8.43. The zero-order valence-corrected chi connectivity index (χ0v) is 13.9. The van der Waals surface area contributed by atoms with Gasteiger partial charge in [0.1, 0.15) is 12.4 Å². The number of fused-ring (bicyclic) bond motifs is 1. The van der Waals surface area contributed by atoms with Gasteiger partial charge in [-0.2, -0.15) is 0 Å². The van der Waals surface area contributed by atoms with Crippen molar-refractivity contribution >= 4 is 5.82 Å². The number of aromatic nitrogens is 4. The van der Waals surface area contributed by atoms with Crippen molar-refractivity contribution in [3.05, 3.63) is 59.8 Å². The van der Waals surface area contributed by atoms with Gasteiger partial charge in [0.25, 0.3) is 0 Å². The third kappa shape index (κ3) is 3.42. The van der Waals surface area contributed by atoms with Gasteiger partial charge in [0.15, 0.2) is 0 Å². The largest absolute Gasteiger partial charge is 0.471 e. The molecule has 0 amide bonds. The molecule has 1 aliphatic rings. The Labute approximate surface area is 146 Å². The Kier molecular flexibility index (Phi) is 4.24. The second kappa shape index (κ2) is 6.84. The highest BCUT2D eigenvalue weighted by atomic mass is 16.5. The van der Waals surface area contributed by atoms with Crippen molar-refractivity contribution in [3.63, 3.8) is 0 Å². The molecule has 0 unspecified atom stereocenters. The molecule has 0 fully saturated rings. The normalized spacial score (nSPS) is 13.3.